The molecule has 1 aliphatic heterocycles. The van der Waals surface area contributed by atoms with E-state index in [0.29, 0.717) is 36.5 Å². The second-order valence-electron chi connectivity index (χ2n) is 5.45. The van der Waals surface area contributed by atoms with Gasteiger partial charge >= 0.3 is 0 Å². The minimum atomic E-state index is -0.821. The van der Waals surface area contributed by atoms with Crippen molar-refractivity contribution in [2.45, 2.75) is 12.5 Å². The minimum Gasteiger partial charge on any atom is -0.473 e. The van der Waals surface area contributed by atoms with E-state index in [1.54, 1.807) is 23.1 Å². The summed E-state index contributed by atoms with van der Waals surface area (Å²) >= 11 is 0. The number of carbonyl (C=O) groups excluding carboxylic acids is 1. The molecule has 1 atom stereocenters. The minimum absolute atomic E-state index is 0.0753. The van der Waals surface area contributed by atoms with Crippen molar-refractivity contribution in [3.63, 3.8) is 0 Å². The van der Waals surface area contributed by atoms with E-state index in [4.69, 9.17) is 10.5 Å². The van der Waals surface area contributed by atoms with Gasteiger partial charge in [-0.2, -0.15) is 0 Å². The largest absolute Gasteiger partial charge is 0.473 e. The van der Waals surface area contributed by atoms with Crippen LogP contribution in [0.1, 0.15) is 18.1 Å². The van der Waals surface area contributed by atoms with Crippen LogP contribution in [0.2, 0.25) is 0 Å². The molecule has 0 fully saturated rings. The number of rotatable bonds is 5. The molecule has 0 radical (unpaired) electrons. The Labute approximate surface area is 138 Å². The number of amides is 1. The number of anilines is 1. The van der Waals surface area contributed by atoms with E-state index in [9.17, 15) is 14.9 Å². The Morgan fingerprint density at radius 1 is 1.21 bits per heavy atom. The van der Waals surface area contributed by atoms with E-state index < -0.39 is 11.0 Å². The standard InChI is InChI=1S/C17H17N3O4/c18-9-4-10-19-14-8-7-13(20(22)23)11-15(14)24-16(17(19)21)12-5-2-1-3-6-12/h1-3,5-8,11,16H,4,9-10,18H2. The lowest BCUT2D eigenvalue weighted by Crippen LogP contribution is -2.42. The smallest absolute Gasteiger partial charge is 0.273 e. The van der Waals surface area contributed by atoms with Crippen molar-refractivity contribution in [1.29, 1.82) is 0 Å². The highest BCUT2D eigenvalue weighted by Crippen LogP contribution is 2.40. The normalized spacial score (nSPS) is 16.5. The third kappa shape index (κ3) is 2.93. The average molecular weight is 327 g/mol. The predicted octanol–water partition coefficient (Wildman–Crippen LogP) is 2.41. The molecule has 1 heterocycles. The molecular weight excluding hydrogens is 310 g/mol. The number of hydrogen-bond acceptors (Lipinski definition) is 5. The summed E-state index contributed by atoms with van der Waals surface area (Å²) in [5.74, 6) is 0.130. The summed E-state index contributed by atoms with van der Waals surface area (Å²) in [5, 5.41) is 11.0. The van der Waals surface area contributed by atoms with Crippen LogP contribution in [0.25, 0.3) is 0 Å². The molecular formula is C17H17N3O4. The lowest BCUT2D eigenvalue weighted by Gasteiger charge is -2.34. The molecule has 0 saturated heterocycles. The van der Waals surface area contributed by atoms with Gasteiger partial charge in [-0.05, 0) is 19.0 Å². The highest BCUT2D eigenvalue weighted by molar-refractivity contribution is 6.00. The van der Waals surface area contributed by atoms with Crippen LogP contribution in [-0.2, 0) is 4.79 Å². The summed E-state index contributed by atoms with van der Waals surface area (Å²) in [6, 6.07) is 13.3. The number of non-ortho nitro benzene ring substituents is 1. The first-order chi connectivity index (χ1) is 11.6. The zero-order valence-corrected chi connectivity index (χ0v) is 12.9. The number of nitro groups is 1. The van der Waals surface area contributed by atoms with Crippen LogP contribution in [0.4, 0.5) is 11.4 Å². The van der Waals surface area contributed by atoms with Crippen molar-refractivity contribution in [1.82, 2.24) is 0 Å². The van der Waals surface area contributed by atoms with Gasteiger partial charge in [0.1, 0.15) is 0 Å². The molecule has 7 nitrogen and oxygen atoms in total. The Morgan fingerprint density at radius 2 is 1.96 bits per heavy atom. The number of hydrogen-bond donors (Lipinski definition) is 1. The molecule has 7 heteroatoms. The van der Waals surface area contributed by atoms with Crippen molar-refractivity contribution in [3.8, 4) is 5.75 Å². The fourth-order valence-electron chi connectivity index (χ4n) is 2.69. The van der Waals surface area contributed by atoms with E-state index in [0.717, 1.165) is 0 Å². The SMILES string of the molecule is NCCCN1C(=O)C(c2ccccc2)Oc2cc([N+](=O)[O-])ccc21. The Morgan fingerprint density at radius 3 is 2.62 bits per heavy atom. The molecule has 2 aromatic rings. The topological polar surface area (TPSA) is 98.7 Å². The Balaban J connectivity index is 2.03. The summed E-state index contributed by atoms with van der Waals surface area (Å²) in [6.07, 6.45) is -0.192. The molecule has 124 valence electrons. The van der Waals surface area contributed by atoms with E-state index in [-0.39, 0.29) is 11.6 Å². The van der Waals surface area contributed by atoms with Crippen LogP contribution >= 0.6 is 0 Å². The molecule has 0 spiro atoms. The van der Waals surface area contributed by atoms with Crippen molar-refractivity contribution < 1.29 is 14.5 Å². The van der Waals surface area contributed by atoms with Gasteiger partial charge in [-0.15, -0.1) is 0 Å². The van der Waals surface area contributed by atoms with Crippen LogP contribution in [0.5, 0.6) is 5.75 Å². The Bertz CT molecular complexity index is 764. The fourth-order valence-corrected chi connectivity index (χ4v) is 2.69. The van der Waals surface area contributed by atoms with E-state index in [1.807, 2.05) is 18.2 Å². The van der Waals surface area contributed by atoms with Crippen LogP contribution in [0, 0.1) is 10.1 Å². The Hall–Kier alpha value is -2.93. The third-order valence-corrected chi connectivity index (χ3v) is 3.87. The maximum atomic E-state index is 12.8. The maximum absolute atomic E-state index is 12.8. The van der Waals surface area contributed by atoms with E-state index >= 15 is 0 Å². The first-order valence-corrected chi connectivity index (χ1v) is 7.63. The number of nitrogens with zero attached hydrogens (tertiary/aromatic N) is 2. The molecule has 1 unspecified atom stereocenters. The number of carbonyl (C=O) groups is 1. The van der Waals surface area contributed by atoms with Crippen LogP contribution in [0.15, 0.2) is 48.5 Å². The number of fused-ring (bicyclic) bond motifs is 1. The number of ether oxygens (including phenoxy) is 1. The average Bonchev–Trinajstić information content (AvgIpc) is 2.60. The van der Waals surface area contributed by atoms with Gasteiger partial charge in [0.05, 0.1) is 16.7 Å². The third-order valence-electron chi connectivity index (χ3n) is 3.87. The molecule has 1 amide bonds. The van der Waals surface area contributed by atoms with Gasteiger partial charge in [-0.25, -0.2) is 0 Å². The van der Waals surface area contributed by atoms with E-state index in [1.165, 1.54) is 12.1 Å². The maximum Gasteiger partial charge on any atom is 0.273 e. The molecule has 24 heavy (non-hydrogen) atoms. The van der Waals surface area contributed by atoms with Crippen molar-refractivity contribution in [2.24, 2.45) is 5.73 Å². The van der Waals surface area contributed by atoms with Gasteiger partial charge in [0.2, 0.25) is 6.10 Å². The summed E-state index contributed by atoms with van der Waals surface area (Å²) in [6.45, 7) is 0.885. The van der Waals surface area contributed by atoms with Crippen molar-refractivity contribution in [2.75, 3.05) is 18.0 Å². The van der Waals surface area contributed by atoms with Gasteiger partial charge in [0.25, 0.3) is 11.6 Å². The van der Waals surface area contributed by atoms with Crippen LogP contribution < -0.4 is 15.4 Å². The second-order valence-corrected chi connectivity index (χ2v) is 5.45. The molecule has 2 aromatic carbocycles. The lowest BCUT2D eigenvalue weighted by atomic mass is 10.0. The molecule has 3 rings (SSSR count). The van der Waals surface area contributed by atoms with Gasteiger partial charge < -0.3 is 15.4 Å². The Kier molecular flexibility index (Phi) is 4.43. The molecule has 2 N–H and O–H groups in total. The number of nitro benzene ring substituents is 1. The molecule has 0 bridgehead atoms. The number of benzene rings is 2. The van der Waals surface area contributed by atoms with E-state index in [2.05, 4.69) is 0 Å². The predicted molar refractivity (Wildman–Crippen MR) is 88.9 cm³/mol. The lowest BCUT2D eigenvalue weighted by molar-refractivity contribution is -0.384. The number of nitrogens with two attached hydrogens (primary N) is 1. The quantitative estimate of drug-likeness (QED) is 0.671. The van der Waals surface area contributed by atoms with Gasteiger partial charge in [0, 0.05) is 18.2 Å². The zero-order valence-electron chi connectivity index (χ0n) is 12.9. The summed E-state index contributed by atoms with van der Waals surface area (Å²) < 4.78 is 5.80. The first-order valence-electron chi connectivity index (χ1n) is 7.63. The first kappa shape index (κ1) is 15.9. The van der Waals surface area contributed by atoms with Crippen LogP contribution in [-0.4, -0.2) is 23.9 Å². The second kappa shape index (κ2) is 6.67. The van der Waals surface area contributed by atoms with Gasteiger partial charge in [0.15, 0.2) is 5.75 Å². The van der Waals surface area contributed by atoms with Gasteiger partial charge in [-0.1, -0.05) is 30.3 Å². The highest BCUT2D eigenvalue weighted by Gasteiger charge is 2.36. The van der Waals surface area contributed by atoms with Crippen LogP contribution in [0.3, 0.4) is 0 Å². The van der Waals surface area contributed by atoms with Crippen molar-refractivity contribution in [3.05, 3.63) is 64.2 Å². The zero-order chi connectivity index (χ0) is 17.1. The fraction of sp³-hybridized carbons (Fsp3) is 0.235. The summed E-state index contributed by atoms with van der Waals surface area (Å²) in [7, 11) is 0. The van der Waals surface area contributed by atoms with Gasteiger partial charge in [-0.3, -0.25) is 14.9 Å². The molecule has 1 aliphatic rings. The summed E-state index contributed by atoms with van der Waals surface area (Å²) in [5.41, 5.74) is 6.73. The molecule has 0 saturated carbocycles. The highest BCUT2D eigenvalue weighted by atomic mass is 16.6. The summed E-state index contributed by atoms with van der Waals surface area (Å²) in [4.78, 5) is 25.0. The van der Waals surface area contributed by atoms with Crippen molar-refractivity contribution >= 4 is 17.3 Å². The monoisotopic (exact) mass is 327 g/mol. The molecule has 0 aliphatic carbocycles. The molecule has 0 aromatic heterocycles.